The summed E-state index contributed by atoms with van der Waals surface area (Å²) in [6.45, 7) is 2.20. The molecule has 0 saturated carbocycles. The van der Waals surface area contributed by atoms with Crippen molar-refractivity contribution in [1.29, 1.82) is 0 Å². The molecule has 0 spiro atoms. The summed E-state index contributed by atoms with van der Waals surface area (Å²) in [6, 6.07) is 4.91. The van der Waals surface area contributed by atoms with E-state index in [9.17, 15) is 4.79 Å². The minimum absolute atomic E-state index is 0. The Kier molecular flexibility index (Phi) is 6.68. The zero-order valence-electron chi connectivity index (χ0n) is 10.4. The first-order valence-corrected chi connectivity index (χ1v) is 7.14. The first-order chi connectivity index (χ1) is 8.27. The number of nitrogens with zero attached hydrogens (tertiary/aromatic N) is 1. The number of rotatable bonds is 6. The van der Waals surface area contributed by atoms with E-state index in [2.05, 4.69) is 22.4 Å². The number of hydrogen-bond donors (Lipinski definition) is 1. The van der Waals surface area contributed by atoms with Crippen LogP contribution < -0.4 is 0 Å². The summed E-state index contributed by atoms with van der Waals surface area (Å²) in [7, 11) is 0. The number of unbranched alkanes of at least 4 members (excludes halogenated alkanes) is 1. The van der Waals surface area contributed by atoms with Crippen LogP contribution in [0.4, 0.5) is 0 Å². The highest BCUT2D eigenvalue weighted by Gasteiger charge is 2.25. The van der Waals surface area contributed by atoms with Gasteiger partial charge in [-0.05, 0) is 50.2 Å². The maximum atomic E-state index is 10.4. The Hall–Kier alpha value is -0.580. The van der Waals surface area contributed by atoms with Gasteiger partial charge in [0, 0.05) is 17.3 Å². The second kappa shape index (κ2) is 7.77. The lowest BCUT2D eigenvalue weighted by Crippen LogP contribution is -2.23. The number of likely N-dealkylation sites (tertiary alicyclic amines) is 1. The molecule has 1 unspecified atom stereocenters. The number of carboxylic acids is 1. The predicted octanol–water partition coefficient (Wildman–Crippen LogP) is 3.56. The molecule has 0 bridgehead atoms. The van der Waals surface area contributed by atoms with Crippen molar-refractivity contribution in [2.45, 2.75) is 38.1 Å². The van der Waals surface area contributed by atoms with Crippen molar-refractivity contribution < 1.29 is 9.90 Å². The van der Waals surface area contributed by atoms with Crippen LogP contribution in [0.2, 0.25) is 0 Å². The van der Waals surface area contributed by atoms with E-state index < -0.39 is 5.97 Å². The number of halogens is 1. The third kappa shape index (κ3) is 4.26. The average Bonchev–Trinajstić information content (AvgIpc) is 2.94. The van der Waals surface area contributed by atoms with Crippen LogP contribution in [0.1, 0.15) is 43.0 Å². The molecule has 0 aliphatic carbocycles. The van der Waals surface area contributed by atoms with Crippen molar-refractivity contribution >= 4 is 29.7 Å². The Morgan fingerprint density at radius 2 is 2.33 bits per heavy atom. The molecule has 5 heteroatoms. The molecule has 1 fully saturated rings. The summed E-state index contributed by atoms with van der Waals surface area (Å²) < 4.78 is 0. The van der Waals surface area contributed by atoms with Crippen molar-refractivity contribution in [3.8, 4) is 0 Å². The van der Waals surface area contributed by atoms with E-state index in [1.54, 1.807) is 0 Å². The third-order valence-electron chi connectivity index (χ3n) is 3.32. The molecule has 2 heterocycles. The highest BCUT2D eigenvalue weighted by molar-refractivity contribution is 7.10. The maximum absolute atomic E-state index is 10.4. The number of aliphatic carboxylic acids is 1. The summed E-state index contributed by atoms with van der Waals surface area (Å²) in [5.41, 5.74) is 0. The van der Waals surface area contributed by atoms with Gasteiger partial charge in [-0.2, -0.15) is 0 Å². The summed E-state index contributed by atoms with van der Waals surface area (Å²) in [5.74, 6) is -0.679. The fraction of sp³-hybridized carbons (Fsp3) is 0.615. The highest BCUT2D eigenvalue weighted by atomic mass is 35.5. The lowest BCUT2D eigenvalue weighted by Gasteiger charge is -2.23. The molecular formula is C13H20ClNO2S. The van der Waals surface area contributed by atoms with Crippen LogP contribution in [0.25, 0.3) is 0 Å². The second-order valence-corrected chi connectivity index (χ2v) is 5.54. The van der Waals surface area contributed by atoms with Crippen molar-refractivity contribution in [3.05, 3.63) is 22.4 Å². The summed E-state index contributed by atoms with van der Waals surface area (Å²) in [6.07, 6.45) is 4.61. The van der Waals surface area contributed by atoms with Crippen molar-refractivity contribution in [3.63, 3.8) is 0 Å². The first kappa shape index (κ1) is 15.5. The van der Waals surface area contributed by atoms with E-state index >= 15 is 0 Å². The standard InChI is InChI=1S/C13H19NO2S.ClH/c15-13(16)7-1-2-8-14-9-3-5-11(14)12-6-4-10-17-12;/h4,6,10-11H,1-3,5,7-9H2,(H,15,16);1H. The zero-order valence-corrected chi connectivity index (χ0v) is 12.0. The van der Waals surface area contributed by atoms with Gasteiger partial charge >= 0.3 is 5.97 Å². The summed E-state index contributed by atoms with van der Waals surface area (Å²) in [4.78, 5) is 14.4. The quantitative estimate of drug-likeness (QED) is 0.814. The number of thiophene rings is 1. The monoisotopic (exact) mass is 289 g/mol. The van der Waals surface area contributed by atoms with Gasteiger partial charge in [0.2, 0.25) is 0 Å². The van der Waals surface area contributed by atoms with Crippen LogP contribution in [0, 0.1) is 0 Å². The average molecular weight is 290 g/mol. The van der Waals surface area contributed by atoms with Crippen LogP contribution >= 0.6 is 23.7 Å². The SMILES string of the molecule is Cl.O=C(O)CCCCN1CCCC1c1cccs1. The predicted molar refractivity (Wildman–Crippen MR) is 76.6 cm³/mol. The van der Waals surface area contributed by atoms with Gasteiger partial charge in [0.1, 0.15) is 0 Å². The zero-order chi connectivity index (χ0) is 12.1. The molecule has 0 aromatic carbocycles. The van der Waals surface area contributed by atoms with E-state index in [4.69, 9.17) is 5.11 Å². The van der Waals surface area contributed by atoms with Gasteiger partial charge in [-0.25, -0.2) is 0 Å². The lowest BCUT2D eigenvalue weighted by atomic mass is 10.1. The maximum Gasteiger partial charge on any atom is 0.303 e. The Morgan fingerprint density at radius 3 is 3.00 bits per heavy atom. The molecule has 1 aliphatic heterocycles. The molecule has 3 nitrogen and oxygen atoms in total. The van der Waals surface area contributed by atoms with Gasteiger partial charge in [-0.3, -0.25) is 9.69 Å². The molecule has 1 aliphatic rings. The van der Waals surface area contributed by atoms with E-state index in [1.807, 2.05) is 11.3 Å². The molecule has 1 N–H and O–H groups in total. The van der Waals surface area contributed by atoms with Gasteiger partial charge in [0.25, 0.3) is 0 Å². The van der Waals surface area contributed by atoms with Gasteiger partial charge in [0.15, 0.2) is 0 Å². The normalized spacial score (nSPS) is 19.7. The molecule has 0 amide bonds. The van der Waals surface area contributed by atoms with E-state index in [-0.39, 0.29) is 12.4 Å². The van der Waals surface area contributed by atoms with Crippen molar-refractivity contribution in [2.75, 3.05) is 13.1 Å². The van der Waals surface area contributed by atoms with E-state index in [0.29, 0.717) is 12.5 Å². The van der Waals surface area contributed by atoms with Crippen LogP contribution in [0.15, 0.2) is 17.5 Å². The Bertz CT molecular complexity index is 356. The topological polar surface area (TPSA) is 40.5 Å². The van der Waals surface area contributed by atoms with Gasteiger partial charge in [-0.1, -0.05) is 6.07 Å². The minimum atomic E-state index is -0.679. The molecule has 1 aromatic rings. The molecule has 1 saturated heterocycles. The van der Waals surface area contributed by atoms with Crippen LogP contribution in [0.5, 0.6) is 0 Å². The summed E-state index contributed by atoms with van der Waals surface area (Å²) in [5, 5.41) is 10.7. The molecule has 0 radical (unpaired) electrons. The fourth-order valence-corrected chi connectivity index (χ4v) is 3.38. The Labute approximate surface area is 118 Å². The van der Waals surface area contributed by atoms with Crippen LogP contribution in [0.3, 0.4) is 0 Å². The smallest absolute Gasteiger partial charge is 0.303 e. The lowest BCUT2D eigenvalue weighted by molar-refractivity contribution is -0.137. The molecule has 2 rings (SSSR count). The highest BCUT2D eigenvalue weighted by Crippen LogP contribution is 2.34. The van der Waals surface area contributed by atoms with Crippen molar-refractivity contribution in [2.24, 2.45) is 0 Å². The minimum Gasteiger partial charge on any atom is -0.481 e. The second-order valence-electron chi connectivity index (χ2n) is 4.56. The molecule has 18 heavy (non-hydrogen) atoms. The van der Waals surface area contributed by atoms with Crippen molar-refractivity contribution in [1.82, 2.24) is 4.90 Å². The van der Waals surface area contributed by atoms with E-state index in [1.165, 1.54) is 17.7 Å². The van der Waals surface area contributed by atoms with Gasteiger partial charge in [-0.15, -0.1) is 23.7 Å². The number of carboxylic acid groups (broad SMARTS) is 1. The molecule has 1 aromatic heterocycles. The Balaban J connectivity index is 0.00000162. The van der Waals surface area contributed by atoms with Gasteiger partial charge in [0.05, 0.1) is 0 Å². The molecular weight excluding hydrogens is 270 g/mol. The third-order valence-corrected chi connectivity index (χ3v) is 4.29. The molecule has 1 atom stereocenters. The largest absolute Gasteiger partial charge is 0.481 e. The van der Waals surface area contributed by atoms with E-state index in [0.717, 1.165) is 25.9 Å². The van der Waals surface area contributed by atoms with Crippen LogP contribution in [-0.4, -0.2) is 29.1 Å². The van der Waals surface area contributed by atoms with Gasteiger partial charge < -0.3 is 5.11 Å². The number of hydrogen-bond acceptors (Lipinski definition) is 3. The first-order valence-electron chi connectivity index (χ1n) is 6.26. The molecule has 102 valence electrons. The fourth-order valence-electron chi connectivity index (χ4n) is 2.49. The Morgan fingerprint density at radius 1 is 1.50 bits per heavy atom. The number of carbonyl (C=O) groups is 1. The van der Waals surface area contributed by atoms with Crippen LogP contribution in [-0.2, 0) is 4.79 Å². The summed E-state index contributed by atoms with van der Waals surface area (Å²) >= 11 is 1.83.